The maximum atomic E-state index is 14.2. The first kappa shape index (κ1) is 31.8. The van der Waals surface area contributed by atoms with Crippen LogP contribution in [-0.2, 0) is 30.8 Å². The molecule has 0 spiro atoms. The first-order valence-electron chi connectivity index (χ1n) is 14.3. The molecule has 2 aromatic carbocycles. The lowest BCUT2D eigenvalue weighted by Crippen LogP contribution is -2.50. The molecule has 2 unspecified atom stereocenters. The van der Waals surface area contributed by atoms with Gasteiger partial charge in [-0.25, -0.2) is 9.37 Å². The van der Waals surface area contributed by atoms with Gasteiger partial charge < -0.3 is 4.74 Å². The fourth-order valence-electron chi connectivity index (χ4n) is 5.78. The van der Waals surface area contributed by atoms with Gasteiger partial charge in [0.2, 0.25) is 0 Å². The molecular formula is C33H36FN3O5S. The van der Waals surface area contributed by atoms with Crippen LogP contribution in [0.2, 0.25) is 0 Å². The second-order valence-corrected chi connectivity index (χ2v) is 13.6. The first-order chi connectivity index (χ1) is 20.3. The predicted molar refractivity (Wildman–Crippen MR) is 160 cm³/mol. The number of Topliss-reactive ketones (excluding diaryl/α,β-unsaturated/α-hetero) is 1. The Kier molecular flexibility index (Phi) is 9.65. The van der Waals surface area contributed by atoms with Crippen LogP contribution >= 0.6 is 0 Å². The molecule has 2 heterocycles. The Balaban J connectivity index is 1.65. The van der Waals surface area contributed by atoms with E-state index in [-0.39, 0.29) is 27.9 Å². The molecular weight excluding hydrogens is 569 g/mol. The number of rotatable bonds is 10. The van der Waals surface area contributed by atoms with Crippen molar-refractivity contribution >= 4 is 27.5 Å². The Bertz CT molecular complexity index is 1610. The maximum Gasteiger partial charge on any atom is 0.317 e. The van der Waals surface area contributed by atoms with Crippen molar-refractivity contribution in [3.63, 3.8) is 0 Å². The molecule has 0 saturated carbocycles. The second-order valence-electron chi connectivity index (χ2n) is 12.0. The fourth-order valence-corrected chi connectivity index (χ4v) is 6.76. The Morgan fingerprint density at radius 3 is 2.40 bits per heavy atom. The molecule has 3 aromatic rings. The number of nitrogens with zero attached hydrogens (tertiary/aromatic N) is 2. The number of hydrogen-bond donors (Lipinski definition) is 1. The third-order valence-corrected chi connectivity index (χ3v) is 9.07. The zero-order chi connectivity index (χ0) is 31.4. The Labute approximate surface area is 252 Å². The van der Waals surface area contributed by atoms with Crippen molar-refractivity contribution in [1.29, 1.82) is 5.26 Å². The normalized spacial score (nSPS) is 19.8. The van der Waals surface area contributed by atoms with E-state index in [4.69, 9.17) is 10.00 Å². The number of pyridine rings is 1. The predicted octanol–water partition coefficient (Wildman–Crippen LogP) is 6.18. The van der Waals surface area contributed by atoms with Gasteiger partial charge in [0.1, 0.15) is 23.9 Å². The number of halogens is 1. The molecule has 0 amide bonds. The highest BCUT2D eigenvalue weighted by molar-refractivity contribution is 7.92. The number of nitriles is 1. The minimum absolute atomic E-state index is 0.190. The van der Waals surface area contributed by atoms with Crippen LogP contribution in [0, 0.1) is 34.4 Å². The smallest absolute Gasteiger partial charge is 0.317 e. The molecule has 0 radical (unpaired) electrons. The summed E-state index contributed by atoms with van der Waals surface area (Å²) in [7, 11) is -4.07. The van der Waals surface area contributed by atoms with Crippen molar-refractivity contribution in [2.75, 3.05) is 4.72 Å². The number of ether oxygens (including phenoxy) is 1. The largest absolute Gasteiger partial charge is 0.461 e. The zero-order valence-corrected chi connectivity index (χ0v) is 25.5. The van der Waals surface area contributed by atoms with Gasteiger partial charge in [-0.3, -0.25) is 14.3 Å². The molecule has 43 heavy (non-hydrogen) atoms. The molecule has 0 bridgehead atoms. The third kappa shape index (κ3) is 7.46. The molecule has 1 saturated heterocycles. The number of esters is 1. The zero-order valence-electron chi connectivity index (χ0n) is 24.7. The van der Waals surface area contributed by atoms with Gasteiger partial charge in [0, 0.05) is 17.8 Å². The van der Waals surface area contributed by atoms with Gasteiger partial charge in [-0.05, 0) is 72.2 Å². The van der Waals surface area contributed by atoms with Crippen LogP contribution in [0.1, 0.15) is 69.6 Å². The molecule has 1 N–H and O–H groups in total. The lowest BCUT2D eigenvalue weighted by atomic mass is 9.65. The summed E-state index contributed by atoms with van der Waals surface area (Å²) < 4.78 is 48.0. The summed E-state index contributed by atoms with van der Waals surface area (Å²) in [5, 5.41) is 8.74. The minimum Gasteiger partial charge on any atom is -0.461 e. The quantitative estimate of drug-likeness (QED) is 0.216. The number of nitrogens with one attached hydrogen (secondary N) is 1. The molecule has 8 nitrogen and oxygen atoms in total. The van der Waals surface area contributed by atoms with E-state index < -0.39 is 45.3 Å². The van der Waals surface area contributed by atoms with E-state index in [9.17, 15) is 22.4 Å². The van der Waals surface area contributed by atoms with Gasteiger partial charge >= 0.3 is 5.97 Å². The maximum absolute atomic E-state index is 14.2. The van der Waals surface area contributed by atoms with Crippen LogP contribution in [0.5, 0.6) is 0 Å². The van der Waals surface area contributed by atoms with Gasteiger partial charge in [0.25, 0.3) is 10.0 Å². The number of sulfonamides is 1. The number of hydrogen-bond acceptors (Lipinski definition) is 7. The second kappa shape index (κ2) is 13.0. The summed E-state index contributed by atoms with van der Waals surface area (Å²) in [6, 6.07) is 17.3. The summed E-state index contributed by atoms with van der Waals surface area (Å²) in [4.78, 5) is 31.6. The van der Waals surface area contributed by atoms with E-state index in [1.165, 1.54) is 30.5 Å². The summed E-state index contributed by atoms with van der Waals surface area (Å²) in [5.74, 6) is -3.32. The molecule has 0 aliphatic carbocycles. The van der Waals surface area contributed by atoms with Crippen molar-refractivity contribution in [1.82, 2.24) is 4.98 Å². The summed E-state index contributed by atoms with van der Waals surface area (Å²) in [6.07, 6.45) is 2.91. The number of ketones is 1. The molecule has 1 fully saturated rings. The Morgan fingerprint density at radius 2 is 1.79 bits per heavy atom. The monoisotopic (exact) mass is 605 g/mol. The van der Waals surface area contributed by atoms with Crippen molar-refractivity contribution in [3.8, 4) is 6.07 Å². The van der Waals surface area contributed by atoms with Crippen LogP contribution in [0.4, 0.5) is 10.1 Å². The third-order valence-electron chi connectivity index (χ3n) is 7.78. The summed E-state index contributed by atoms with van der Waals surface area (Å²) >= 11 is 0. The Morgan fingerprint density at radius 1 is 1.07 bits per heavy atom. The molecule has 1 aliphatic rings. The number of carbonyl (C=O) groups excluding carboxylic acids is 2. The van der Waals surface area contributed by atoms with Crippen molar-refractivity contribution in [3.05, 3.63) is 89.4 Å². The van der Waals surface area contributed by atoms with Crippen LogP contribution in [-0.4, -0.2) is 31.3 Å². The standard InChI is InChI=1S/C33H36FN3O5S/c1-5-7-27-26(16-12-21-10-14-24(34)15-11-21)31(38)29(32(39)42-27)30(33(2,3)4)23-8-6-9-25(18-23)37-43(40,41)28-17-13-22(19-35)20-36-28/h6,8-11,13-15,17-18,20,26-27,29-30,37H,5,7,12,16H2,1-4H3/t26?,27-,29?,30-/m1/s1. The topological polar surface area (TPSA) is 126 Å². The molecule has 10 heteroatoms. The highest BCUT2D eigenvalue weighted by atomic mass is 32.2. The fraction of sp³-hybridized carbons (Fsp3) is 0.394. The van der Waals surface area contributed by atoms with E-state index in [1.54, 1.807) is 36.4 Å². The number of benzene rings is 2. The molecule has 4 atom stereocenters. The Hall–Kier alpha value is -4.10. The van der Waals surface area contributed by atoms with E-state index in [0.717, 1.165) is 12.0 Å². The van der Waals surface area contributed by atoms with Crippen LogP contribution in [0.25, 0.3) is 0 Å². The number of aryl methyl sites for hydroxylation is 1. The van der Waals surface area contributed by atoms with Gasteiger partial charge in [0.05, 0.1) is 11.5 Å². The van der Waals surface area contributed by atoms with E-state index in [1.807, 2.05) is 33.8 Å². The molecule has 4 rings (SSSR count). The highest BCUT2D eigenvalue weighted by Crippen LogP contribution is 2.46. The van der Waals surface area contributed by atoms with Crippen molar-refractivity contribution in [2.24, 2.45) is 17.3 Å². The van der Waals surface area contributed by atoms with E-state index in [2.05, 4.69) is 9.71 Å². The van der Waals surface area contributed by atoms with E-state index >= 15 is 0 Å². The lowest BCUT2D eigenvalue weighted by Gasteiger charge is -2.42. The number of anilines is 1. The van der Waals surface area contributed by atoms with Gasteiger partial charge in [0.15, 0.2) is 10.8 Å². The number of carbonyl (C=O) groups is 2. The molecule has 226 valence electrons. The highest BCUT2D eigenvalue weighted by Gasteiger charge is 2.51. The number of cyclic esters (lactones) is 1. The van der Waals surface area contributed by atoms with Gasteiger partial charge in [-0.1, -0.05) is 58.4 Å². The average molecular weight is 606 g/mol. The number of aromatic nitrogens is 1. The van der Waals surface area contributed by atoms with Crippen molar-refractivity contribution in [2.45, 2.75) is 70.4 Å². The van der Waals surface area contributed by atoms with Gasteiger partial charge in [-0.15, -0.1) is 0 Å². The van der Waals surface area contributed by atoms with Crippen LogP contribution in [0.15, 0.2) is 71.9 Å². The van der Waals surface area contributed by atoms with E-state index in [0.29, 0.717) is 24.8 Å². The molecule has 1 aliphatic heterocycles. The van der Waals surface area contributed by atoms with Crippen LogP contribution in [0.3, 0.4) is 0 Å². The summed E-state index contributed by atoms with van der Waals surface area (Å²) in [5.41, 5.74) is 1.40. The minimum atomic E-state index is -4.07. The molecule has 1 aromatic heterocycles. The van der Waals surface area contributed by atoms with Gasteiger partial charge in [-0.2, -0.15) is 13.7 Å². The van der Waals surface area contributed by atoms with Crippen LogP contribution < -0.4 is 4.72 Å². The SMILES string of the molecule is CCC[C@H]1OC(=O)C([C@@H](c2cccc(NS(=O)(=O)c3ccc(C#N)cn3)c2)C(C)(C)C)C(=O)C1CCc1ccc(F)cc1. The first-order valence-corrected chi connectivity index (χ1v) is 15.8. The average Bonchev–Trinajstić information content (AvgIpc) is 2.95. The lowest BCUT2D eigenvalue weighted by molar-refractivity contribution is -0.174. The summed E-state index contributed by atoms with van der Waals surface area (Å²) in [6.45, 7) is 7.77. The van der Waals surface area contributed by atoms with Crippen molar-refractivity contribution < 1.29 is 27.1 Å².